The van der Waals surface area contributed by atoms with Crippen molar-refractivity contribution < 1.29 is 59.2 Å². The highest BCUT2D eigenvalue weighted by atomic mass is 16.7. The number of carbonyl (C=O) groups is 2. The van der Waals surface area contributed by atoms with Gasteiger partial charge in [-0.2, -0.15) is 0 Å². The minimum absolute atomic E-state index is 0.262. The van der Waals surface area contributed by atoms with Gasteiger partial charge in [0.1, 0.15) is 55.3 Å². The molecule has 14 heteroatoms. The number of para-hydroxylation sites is 2. The maximum atomic E-state index is 13.7. The Bertz CT molecular complexity index is 1240. The van der Waals surface area contributed by atoms with Gasteiger partial charge in [0.15, 0.2) is 12.6 Å². The third kappa shape index (κ3) is 15.3. The number of aliphatic hydroxyl groups excluding tert-OH is 6. The fraction of sp³-hybridized carbons (Fsp3) is 0.822. The van der Waals surface area contributed by atoms with Crippen LogP contribution in [0.5, 0.6) is 0 Å². The fourth-order valence-corrected chi connectivity index (χ4v) is 8.42. The second-order valence-electron chi connectivity index (χ2n) is 16.8. The van der Waals surface area contributed by atoms with Crippen molar-refractivity contribution in [2.45, 2.75) is 210 Å². The molecule has 0 spiro atoms. The lowest BCUT2D eigenvalue weighted by atomic mass is 9.97. The number of benzene rings is 1. The third-order valence-corrected chi connectivity index (χ3v) is 12.0. The molecule has 2 fully saturated rings. The van der Waals surface area contributed by atoms with Gasteiger partial charge < -0.3 is 59.4 Å². The monoisotopic (exact) mass is 837 g/mol. The number of nitrogens with zero attached hydrogens (tertiary/aromatic N) is 2. The van der Waals surface area contributed by atoms with Crippen molar-refractivity contribution in [1.29, 1.82) is 0 Å². The van der Waals surface area contributed by atoms with Crippen molar-refractivity contribution in [3.05, 3.63) is 24.3 Å². The quantitative estimate of drug-likeness (QED) is 0.0475. The molecule has 2 amide bonds. The van der Waals surface area contributed by atoms with Crippen LogP contribution in [0.15, 0.2) is 24.3 Å². The lowest BCUT2D eigenvalue weighted by Crippen LogP contribution is -2.61. The van der Waals surface area contributed by atoms with Gasteiger partial charge in [-0.15, -0.1) is 0 Å². The van der Waals surface area contributed by atoms with Crippen LogP contribution in [0.2, 0.25) is 0 Å². The summed E-state index contributed by atoms with van der Waals surface area (Å²) in [7, 11) is 0. The van der Waals surface area contributed by atoms with E-state index in [0.29, 0.717) is 11.4 Å². The van der Waals surface area contributed by atoms with E-state index in [2.05, 4.69) is 13.8 Å². The maximum Gasteiger partial charge on any atom is 0.236 e. The smallest absolute Gasteiger partial charge is 0.236 e. The molecule has 2 saturated heterocycles. The van der Waals surface area contributed by atoms with E-state index in [1.54, 1.807) is 24.3 Å². The number of rotatable bonds is 28. The second kappa shape index (κ2) is 27.0. The Morgan fingerprint density at radius 3 is 1.17 bits per heavy atom. The normalized spacial score (nSPS) is 28.9. The first-order valence-corrected chi connectivity index (χ1v) is 22.9. The number of fused-ring (bicyclic) bond motifs is 1. The molecule has 0 radical (unpaired) electrons. The molecule has 6 N–H and O–H groups in total. The molecular formula is C45H76N2O12. The summed E-state index contributed by atoms with van der Waals surface area (Å²) in [4.78, 5) is 30.1. The van der Waals surface area contributed by atoms with Gasteiger partial charge in [0.05, 0.1) is 24.5 Å². The van der Waals surface area contributed by atoms with Crippen LogP contribution in [0.3, 0.4) is 0 Å². The van der Waals surface area contributed by atoms with E-state index < -0.39 is 79.6 Å². The van der Waals surface area contributed by atoms with E-state index in [-0.39, 0.29) is 26.3 Å². The van der Waals surface area contributed by atoms with Crippen LogP contribution < -0.4 is 9.80 Å². The lowest BCUT2D eigenvalue weighted by molar-refractivity contribution is -0.287. The van der Waals surface area contributed by atoms with Gasteiger partial charge in [-0.05, 0) is 25.0 Å². The SMILES string of the molecule is CCCCCCCCCCCCO[C@H]1[C@H](O)[C@@H](CN2C(=O)CC(=O)N(C[C@H]3OC(O)[C@H](O)[C@@H](OCCCCCCCCCCCC)[C@@H]3O)c3ccccc32)OC(O)[C@@H]1O. The van der Waals surface area contributed by atoms with E-state index in [0.717, 1.165) is 51.4 Å². The van der Waals surface area contributed by atoms with E-state index in [4.69, 9.17) is 18.9 Å². The van der Waals surface area contributed by atoms with Crippen molar-refractivity contribution in [2.75, 3.05) is 36.1 Å². The van der Waals surface area contributed by atoms with Crippen molar-refractivity contribution in [3.8, 4) is 0 Å². The zero-order valence-electron chi connectivity index (χ0n) is 35.8. The summed E-state index contributed by atoms with van der Waals surface area (Å²) in [6.45, 7) is 4.45. The van der Waals surface area contributed by atoms with E-state index in [9.17, 15) is 40.2 Å². The summed E-state index contributed by atoms with van der Waals surface area (Å²) in [5, 5.41) is 65.4. The molecule has 4 rings (SSSR count). The summed E-state index contributed by atoms with van der Waals surface area (Å²) >= 11 is 0. The maximum absolute atomic E-state index is 13.7. The number of ether oxygens (including phenoxy) is 4. The summed E-state index contributed by atoms with van der Waals surface area (Å²) in [6.07, 6.45) is 8.42. The van der Waals surface area contributed by atoms with Crippen LogP contribution in [0.25, 0.3) is 0 Å². The Morgan fingerprint density at radius 2 is 0.831 bits per heavy atom. The minimum Gasteiger partial charge on any atom is -0.388 e. The van der Waals surface area contributed by atoms with Crippen LogP contribution in [0, 0.1) is 0 Å². The number of hydrogen-bond acceptors (Lipinski definition) is 12. The molecule has 338 valence electrons. The molecule has 0 bridgehead atoms. The number of aliphatic hydroxyl groups is 6. The highest BCUT2D eigenvalue weighted by molar-refractivity contribution is 6.15. The molecular weight excluding hydrogens is 760 g/mol. The molecule has 3 heterocycles. The van der Waals surface area contributed by atoms with Crippen molar-refractivity contribution in [2.24, 2.45) is 0 Å². The first-order valence-electron chi connectivity index (χ1n) is 22.9. The van der Waals surface area contributed by atoms with Crippen LogP contribution in [0.1, 0.15) is 149 Å². The first kappa shape index (κ1) is 49.4. The molecule has 59 heavy (non-hydrogen) atoms. The van der Waals surface area contributed by atoms with Crippen molar-refractivity contribution >= 4 is 23.2 Å². The zero-order valence-corrected chi connectivity index (χ0v) is 35.8. The molecule has 2 unspecified atom stereocenters. The zero-order chi connectivity index (χ0) is 42.6. The van der Waals surface area contributed by atoms with Crippen molar-refractivity contribution in [3.63, 3.8) is 0 Å². The molecule has 0 saturated carbocycles. The number of unbranched alkanes of at least 4 members (excludes halogenated alkanes) is 18. The Balaban J connectivity index is 1.32. The standard InChI is InChI=1S/C45H76N2O12/c1-3-5-7-9-11-13-15-17-19-23-27-56-42-38(50)34(58-44(54)40(42)52)30-46-32-25-21-22-26-33(32)47(37(49)29-36(46)48)31-35-39(51)43(41(53)45(55)59-35)57-28-24-20-18-16-14-12-10-8-6-4-2/h21-22,25-26,34-35,38-45,50-55H,3-20,23-24,27-31H2,1-2H3/t34-,35-,38-,39-,40-,41-,42+,43+,44?,45?/m1/s1. The Kier molecular flexibility index (Phi) is 22.6. The first-order chi connectivity index (χ1) is 28.6. The van der Waals surface area contributed by atoms with E-state index >= 15 is 0 Å². The van der Waals surface area contributed by atoms with Gasteiger partial charge >= 0.3 is 0 Å². The second-order valence-corrected chi connectivity index (χ2v) is 16.8. The molecule has 10 atom stereocenters. The molecule has 0 aliphatic carbocycles. The summed E-state index contributed by atoms with van der Waals surface area (Å²) in [5.41, 5.74) is 0.615. The van der Waals surface area contributed by atoms with Gasteiger partial charge in [0.2, 0.25) is 11.8 Å². The van der Waals surface area contributed by atoms with Crippen LogP contribution in [0.4, 0.5) is 11.4 Å². The Labute approximate surface area is 352 Å². The highest BCUT2D eigenvalue weighted by Crippen LogP contribution is 2.36. The topological polar surface area (TPSA) is 199 Å². The van der Waals surface area contributed by atoms with E-state index in [1.165, 1.54) is 86.8 Å². The van der Waals surface area contributed by atoms with Gasteiger partial charge in [-0.1, -0.05) is 142 Å². The molecule has 14 nitrogen and oxygen atoms in total. The molecule has 1 aromatic rings. The average molecular weight is 837 g/mol. The summed E-state index contributed by atoms with van der Waals surface area (Å²) in [5.74, 6) is -1.19. The lowest BCUT2D eigenvalue weighted by Gasteiger charge is -2.42. The van der Waals surface area contributed by atoms with Gasteiger partial charge in [0, 0.05) is 13.2 Å². The van der Waals surface area contributed by atoms with Gasteiger partial charge in [-0.3, -0.25) is 9.59 Å². The Hall–Kier alpha value is -2.24. The van der Waals surface area contributed by atoms with Crippen LogP contribution in [-0.2, 0) is 28.5 Å². The summed E-state index contributed by atoms with van der Waals surface area (Å²) in [6, 6.07) is 6.64. The number of amides is 2. The molecule has 3 aliphatic rings. The predicted octanol–water partition coefficient (Wildman–Crippen LogP) is 5.25. The molecule has 1 aromatic carbocycles. The van der Waals surface area contributed by atoms with Crippen LogP contribution in [-0.4, -0.2) is 130 Å². The summed E-state index contributed by atoms with van der Waals surface area (Å²) < 4.78 is 23.1. The largest absolute Gasteiger partial charge is 0.388 e. The number of carbonyl (C=O) groups excluding carboxylic acids is 2. The van der Waals surface area contributed by atoms with Crippen LogP contribution >= 0.6 is 0 Å². The van der Waals surface area contributed by atoms with Crippen molar-refractivity contribution in [1.82, 2.24) is 0 Å². The average Bonchev–Trinajstić information content (AvgIpc) is 3.31. The number of hydrogen-bond donors (Lipinski definition) is 6. The molecule has 0 aromatic heterocycles. The minimum atomic E-state index is -1.68. The van der Waals surface area contributed by atoms with Gasteiger partial charge in [-0.25, -0.2) is 0 Å². The predicted molar refractivity (Wildman–Crippen MR) is 225 cm³/mol. The Morgan fingerprint density at radius 1 is 0.508 bits per heavy atom. The third-order valence-electron chi connectivity index (χ3n) is 12.0. The number of anilines is 2. The molecule has 3 aliphatic heterocycles. The highest BCUT2D eigenvalue weighted by Gasteiger charge is 2.48. The fourth-order valence-electron chi connectivity index (χ4n) is 8.42. The van der Waals surface area contributed by atoms with Gasteiger partial charge in [0.25, 0.3) is 0 Å². The van der Waals surface area contributed by atoms with E-state index in [1.807, 2.05) is 0 Å².